The third-order valence-electron chi connectivity index (χ3n) is 6.52. The van der Waals surface area contributed by atoms with E-state index in [-0.39, 0.29) is 39.7 Å². The highest BCUT2D eigenvalue weighted by molar-refractivity contribution is 7.88. The van der Waals surface area contributed by atoms with Crippen molar-refractivity contribution in [3.8, 4) is 16.8 Å². The maximum absolute atomic E-state index is 13.8. The molecule has 3 heterocycles. The highest BCUT2D eigenvalue weighted by atomic mass is 32.2. The smallest absolute Gasteiger partial charge is 0.383 e. The number of aromatic nitrogens is 5. The van der Waals surface area contributed by atoms with Crippen molar-refractivity contribution in [3.63, 3.8) is 0 Å². The number of nitrogens with one attached hydrogen (secondary N) is 1. The maximum Gasteiger partial charge on any atom is 0.416 e. The Morgan fingerprint density at radius 1 is 1.07 bits per heavy atom. The van der Waals surface area contributed by atoms with Crippen molar-refractivity contribution in [2.45, 2.75) is 31.8 Å². The molecule has 0 aliphatic heterocycles. The number of nitrogens with zero attached hydrogens (tertiary/aromatic N) is 5. The van der Waals surface area contributed by atoms with Crippen LogP contribution in [0.3, 0.4) is 0 Å². The lowest BCUT2D eigenvalue weighted by molar-refractivity contribution is -0.137. The highest BCUT2D eigenvalue weighted by Gasteiger charge is 2.32. The van der Waals surface area contributed by atoms with Crippen LogP contribution in [0.25, 0.3) is 22.3 Å². The van der Waals surface area contributed by atoms with Crippen LogP contribution in [-0.4, -0.2) is 32.6 Å². The molecule has 1 atom stereocenters. The quantitative estimate of drug-likeness (QED) is 0.255. The van der Waals surface area contributed by atoms with E-state index in [0.29, 0.717) is 17.3 Å². The molecule has 11 nitrogen and oxygen atoms in total. The number of hydrogen-bond acceptors (Lipinski definition) is 8. The van der Waals surface area contributed by atoms with E-state index in [2.05, 4.69) is 20.4 Å². The molecule has 2 aromatic carbocycles. The number of aryl methyl sites for hydroxylation is 1. The summed E-state index contributed by atoms with van der Waals surface area (Å²) in [6.07, 6.45) is -2.02. The van der Waals surface area contributed by atoms with Gasteiger partial charge in [0.05, 0.1) is 28.6 Å². The number of alkyl halides is 3. The third kappa shape index (κ3) is 5.69. The third-order valence-corrected chi connectivity index (χ3v) is 7.26. The number of primary sulfonamides is 1. The summed E-state index contributed by atoms with van der Waals surface area (Å²) in [4.78, 5) is 21.8. The van der Waals surface area contributed by atoms with Gasteiger partial charge in [-0.2, -0.15) is 18.3 Å². The summed E-state index contributed by atoms with van der Waals surface area (Å²) in [5.41, 5.74) is 6.09. The van der Waals surface area contributed by atoms with Gasteiger partial charge in [-0.15, -0.1) is 0 Å². The van der Waals surface area contributed by atoms with Gasteiger partial charge in [-0.25, -0.2) is 28.0 Å². The number of halogens is 3. The Morgan fingerprint density at radius 3 is 2.45 bits per heavy atom. The lowest BCUT2D eigenvalue weighted by atomic mass is 10.00. The van der Waals surface area contributed by atoms with Gasteiger partial charge in [-0.05, 0) is 66.9 Å². The first-order valence-corrected chi connectivity index (χ1v) is 14.2. The molecule has 0 aliphatic carbocycles. The van der Waals surface area contributed by atoms with Crippen LogP contribution < -0.4 is 21.7 Å². The van der Waals surface area contributed by atoms with E-state index in [9.17, 15) is 26.4 Å². The highest BCUT2D eigenvalue weighted by Crippen LogP contribution is 2.38. The second-order valence-electron chi connectivity index (χ2n) is 9.70. The zero-order chi connectivity index (χ0) is 30.4. The number of benzene rings is 2. The van der Waals surface area contributed by atoms with E-state index in [1.807, 2.05) is 0 Å². The van der Waals surface area contributed by atoms with Crippen molar-refractivity contribution in [2.75, 3.05) is 11.1 Å². The van der Waals surface area contributed by atoms with Gasteiger partial charge in [-0.1, -0.05) is 18.2 Å². The minimum atomic E-state index is -4.80. The van der Waals surface area contributed by atoms with Gasteiger partial charge < -0.3 is 11.1 Å². The van der Waals surface area contributed by atoms with Crippen LogP contribution in [0.2, 0.25) is 0 Å². The molecule has 42 heavy (non-hydrogen) atoms. The number of fused-ring (bicyclic) bond motifs is 1. The fraction of sp³-hybridized carbons (Fsp3) is 0.185. The monoisotopic (exact) mass is 598 g/mol. The molecular weight excluding hydrogens is 573 g/mol. The van der Waals surface area contributed by atoms with Crippen LogP contribution in [0.15, 0.2) is 71.9 Å². The number of hydrogen-bond donors (Lipinski definition) is 3. The first-order chi connectivity index (χ1) is 19.7. The van der Waals surface area contributed by atoms with E-state index in [0.717, 1.165) is 18.0 Å². The first kappa shape index (κ1) is 28.8. The van der Waals surface area contributed by atoms with Gasteiger partial charge in [0.15, 0.2) is 5.82 Å². The fourth-order valence-electron chi connectivity index (χ4n) is 4.72. The molecule has 0 amide bonds. The van der Waals surface area contributed by atoms with Crippen molar-refractivity contribution >= 4 is 27.2 Å². The number of nitrogen functional groups attached to an aromatic ring is 1. The fourth-order valence-corrected chi connectivity index (χ4v) is 5.35. The Balaban J connectivity index is 1.66. The summed E-state index contributed by atoms with van der Waals surface area (Å²) >= 11 is 0. The molecule has 0 fully saturated rings. The molecular formula is C27H25F3N8O3S. The van der Waals surface area contributed by atoms with Crippen LogP contribution in [-0.2, 0) is 22.0 Å². The summed E-state index contributed by atoms with van der Waals surface area (Å²) < 4.78 is 67.7. The van der Waals surface area contributed by atoms with Gasteiger partial charge in [0.25, 0.3) is 5.56 Å². The van der Waals surface area contributed by atoms with Crippen molar-refractivity contribution in [3.05, 3.63) is 100.0 Å². The van der Waals surface area contributed by atoms with Crippen molar-refractivity contribution in [2.24, 2.45) is 5.14 Å². The van der Waals surface area contributed by atoms with E-state index in [4.69, 9.17) is 10.9 Å². The molecule has 5 rings (SSSR count). The molecule has 0 spiro atoms. The molecule has 0 unspecified atom stereocenters. The summed E-state index contributed by atoms with van der Waals surface area (Å²) in [7, 11) is -4.15. The lowest BCUT2D eigenvalue weighted by Gasteiger charge is -2.21. The molecule has 15 heteroatoms. The zero-order valence-electron chi connectivity index (χ0n) is 22.3. The predicted octanol–water partition coefficient (Wildman–Crippen LogP) is 3.81. The van der Waals surface area contributed by atoms with Gasteiger partial charge in [0, 0.05) is 6.20 Å². The standard InChI is InChI=1S/C27H25F3N8O3S/c1-15-8-9-37-22(15)26(39)38(20-6-4-3-5-7-20)25(36-37)16(2)35-24-21(23(31)33-14-34-24)18-10-17(13-42(32,40)41)11-19(12-18)27(28,29)30/h3-12,14,16H,13H2,1-2H3,(H2,32,40,41)(H3,31,33,34,35)/t16-/m0/s1. The zero-order valence-corrected chi connectivity index (χ0v) is 23.1. The minimum Gasteiger partial charge on any atom is -0.383 e. The molecule has 218 valence electrons. The van der Waals surface area contributed by atoms with E-state index < -0.39 is 33.6 Å². The minimum absolute atomic E-state index is 0.00221. The predicted molar refractivity (Wildman–Crippen MR) is 151 cm³/mol. The molecule has 3 aromatic heterocycles. The van der Waals surface area contributed by atoms with Crippen molar-refractivity contribution < 1.29 is 21.6 Å². The van der Waals surface area contributed by atoms with E-state index in [1.165, 1.54) is 15.1 Å². The average Bonchev–Trinajstić information content (AvgIpc) is 3.28. The average molecular weight is 599 g/mol. The first-order valence-electron chi connectivity index (χ1n) is 12.5. The van der Waals surface area contributed by atoms with E-state index >= 15 is 0 Å². The normalized spacial score (nSPS) is 12.9. The van der Waals surface area contributed by atoms with Crippen LogP contribution >= 0.6 is 0 Å². The molecule has 0 bridgehead atoms. The summed E-state index contributed by atoms with van der Waals surface area (Å²) in [5.74, 6) is -0.685. The Morgan fingerprint density at radius 2 is 1.79 bits per heavy atom. The maximum atomic E-state index is 13.8. The van der Waals surface area contributed by atoms with Gasteiger partial charge >= 0.3 is 6.18 Å². The van der Waals surface area contributed by atoms with Crippen LogP contribution in [0.5, 0.6) is 0 Å². The number of nitrogens with two attached hydrogens (primary N) is 2. The van der Waals surface area contributed by atoms with Crippen LogP contribution in [0.1, 0.15) is 35.5 Å². The van der Waals surface area contributed by atoms with Gasteiger partial charge in [0.2, 0.25) is 10.0 Å². The molecule has 0 saturated carbocycles. The second kappa shape index (κ2) is 10.6. The van der Waals surface area contributed by atoms with Crippen LogP contribution in [0, 0.1) is 6.92 Å². The van der Waals surface area contributed by atoms with Gasteiger partial charge in [-0.3, -0.25) is 9.36 Å². The number of sulfonamides is 1. The SMILES string of the molecule is Cc1ccn2nc([C@H](C)Nc3ncnc(N)c3-c3cc(CS(N)(=O)=O)cc(C(F)(F)F)c3)n(-c3ccccc3)c(=O)c12. The molecule has 0 aliphatic rings. The molecule has 5 N–H and O–H groups in total. The number of rotatable bonds is 7. The number of para-hydroxylation sites is 1. The summed E-state index contributed by atoms with van der Waals surface area (Å²) in [5, 5.41) is 12.9. The van der Waals surface area contributed by atoms with Crippen molar-refractivity contribution in [1.29, 1.82) is 0 Å². The van der Waals surface area contributed by atoms with Crippen LogP contribution in [0.4, 0.5) is 24.8 Å². The second-order valence-corrected chi connectivity index (χ2v) is 11.3. The lowest BCUT2D eigenvalue weighted by Crippen LogP contribution is -2.29. The Labute approximate surface area is 237 Å². The molecule has 0 radical (unpaired) electrons. The van der Waals surface area contributed by atoms with Gasteiger partial charge in [0.1, 0.15) is 23.5 Å². The summed E-state index contributed by atoms with van der Waals surface area (Å²) in [6, 6.07) is 12.6. The Kier molecular flexibility index (Phi) is 7.24. The van der Waals surface area contributed by atoms with E-state index in [1.54, 1.807) is 56.4 Å². The van der Waals surface area contributed by atoms with Crippen molar-refractivity contribution in [1.82, 2.24) is 24.1 Å². The Hall–Kier alpha value is -4.76. The Bertz CT molecular complexity index is 1970. The molecule has 0 saturated heterocycles. The number of anilines is 2. The summed E-state index contributed by atoms with van der Waals surface area (Å²) in [6.45, 7) is 3.49. The topological polar surface area (TPSA) is 163 Å². The largest absolute Gasteiger partial charge is 0.416 e. The molecule has 5 aromatic rings.